The van der Waals surface area contributed by atoms with E-state index in [0.29, 0.717) is 16.9 Å². The van der Waals surface area contributed by atoms with Crippen LogP contribution in [-0.4, -0.2) is 7.11 Å². The Hall–Kier alpha value is -1.90. The van der Waals surface area contributed by atoms with Crippen LogP contribution >= 0.6 is 0 Å². The molecule has 0 amide bonds. The Morgan fingerprint density at radius 1 is 1.00 bits per heavy atom. The highest BCUT2D eigenvalue weighted by Crippen LogP contribution is 2.24. The molecule has 0 saturated carbocycles. The Morgan fingerprint density at radius 3 is 2.31 bits per heavy atom. The maximum absolute atomic E-state index is 13.0. The Labute approximate surface area is 92.3 Å². The molecule has 0 atom stereocenters. The molecule has 0 N–H and O–H groups in total. The first kappa shape index (κ1) is 10.6. The van der Waals surface area contributed by atoms with Crippen molar-refractivity contribution >= 4 is 0 Å². The molecule has 0 aliphatic rings. The lowest BCUT2D eigenvalue weighted by atomic mass is 10.1. The maximum atomic E-state index is 13.0. The van der Waals surface area contributed by atoms with E-state index >= 15 is 0 Å². The molecule has 0 aromatic heterocycles. The average molecular weight is 219 g/mol. The molecule has 0 heterocycles. The minimum absolute atomic E-state index is 0.477. The number of benzene rings is 2. The number of methoxy groups -OCH3 is 1. The molecule has 3 heteroatoms. The van der Waals surface area contributed by atoms with Crippen molar-refractivity contribution in [1.29, 1.82) is 0 Å². The predicted octanol–water partition coefficient (Wildman–Crippen LogP) is 3.44. The molecule has 0 bridgehead atoms. The van der Waals surface area contributed by atoms with Gasteiger partial charge in [0.1, 0.15) is 17.4 Å². The third kappa shape index (κ3) is 2.19. The molecule has 2 aromatic rings. The van der Waals surface area contributed by atoms with Gasteiger partial charge in [-0.15, -0.1) is 0 Å². The van der Waals surface area contributed by atoms with Gasteiger partial charge in [0, 0.05) is 12.1 Å². The van der Waals surface area contributed by atoms with Gasteiger partial charge in [0.2, 0.25) is 0 Å². The van der Waals surface area contributed by atoms with Crippen molar-refractivity contribution in [1.82, 2.24) is 0 Å². The van der Waals surface area contributed by atoms with Gasteiger partial charge < -0.3 is 4.74 Å². The summed E-state index contributed by atoms with van der Waals surface area (Å²) < 4.78 is 31.0. The van der Waals surface area contributed by atoms with E-state index in [2.05, 4.69) is 6.07 Å². The topological polar surface area (TPSA) is 9.23 Å². The Kier molecular flexibility index (Phi) is 2.86. The molecule has 0 aliphatic heterocycles. The molecule has 0 aliphatic carbocycles. The Morgan fingerprint density at radius 2 is 1.69 bits per heavy atom. The summed E-state index contributed by atoms with van der Waals surface area (Å²) in [4.78, 5) is 0. The Balaban J connectivity index is 2.49. The minimum atomic E-state index is -0.596. The van der Waals surface area contributed by atoms with Crippen molar-refractivity contribution in [2.75, 3.05) is 7.11 Å². The molecule has 0 fully saturated rings. The molecule has 0 spiro atoms. The largest absolute Gasteiger partial charge is 0.496 e. The number of rotatable bonds is 2. The smallest absolute Gasteiger partial charge is 0.127 e. The van der Waals surface area contributed by atoms with Crippen LogP contribution in [0.4, 0.5) is 8.78 Å². The summed E-state index contributed by atoms with van der Waals surface area (Å²) in [5, 5.41) is 0. The fourth-order valence-corrected chi connectivity index (χ4v) is 1.46. The number of halogens is 2. The van der Waals surface area contributed by atoms with Crippen LogP contribution < -0.4 is 4.74 Å². The summed E-state index contributed by atoms with van der Waals surface area (Å²) in [7, 11) is 1.52. The lowest BCUT2D eigenvalue weighted by molar-refractivity contribution is 0.414. The first-order valence-corrected chi connectivity index (χ1v) is 4.71. The van der Waals surface area contributed by atoms with Crippen LogP contribution in [-0.2, 0) is 0 Å². The van der Waals surface area contributed by atoms with E-state index in [9.17, 15) is 8.78 Å². The SMILES string of the molecule is COc1[c]ccc(-c2cc(F)cc(F)c2)c1. The zero-order valence-electron chi connectivity index (χ0n) is 8.63. The third-order valence-electron chi connectivity index (χ3n) is 2.19. The second-order valence-corrected chi connectivity index (χ2v) is 3.30. The van der Waals surface area contributed by atoms with Gasteiger partial charge in [-0.05, 0) is 35.4 Å². The van der Waals surface area contributed by atoms with Crippen molar-refractivity contribution in [3.8, 4) is 16.9 Å². The van der Waals surface area contributed by atoms with Gasteiger partial charge in [0.25, 0.3) is 0 Å². The average Bonchev–Trinajstić information content (AvgIpc) is 2.28. The van der Waals surface area contributed by atoms with Crippen LogP contribution in [0.1, 0.15) is 0 Å². The summed E-state index contributed by atoms with van der Waals surface area (Å²) in [6.45, 7) is 0. The second-order valence-electron chi connectivity index (χ2n) is 3.30. The van der Waals surface area contributed by atoms with Crippen LogP contribution in [0.2, 0.25) is 0 Å². The van der Waals surface area contributed by atoms with E-state index < -0.39 is 11.6 Å². The zero-order valence-corrected chi connectivity index (χ0v) is 8.63. The summed E-state index contributed by atoms with van der Waals surface area (Å²) in [5.74, 6) is -0.661. The molecule has 1 radical (unpaired) electrons. The molecule has 2 aromatic carbocycles. The lowest BCUT2D eigenvalue weighted by Gasteiger charge is -2.04. The van der Waals surface area contributed by atoms with E-state index in [4.69, 9.17) is 4.74 Å². The highest BCUT2D eigenvalue weighted by molar-refractivity contribution is 5.65. The molecular weight excluding hydrogens is 210 g/mol. The highest BCUT2D eigenvalue weighted by atomic mass is 19.1. The van der Waals surface area contributed by atoms with Crippen LogP contribution in [0.25, 0.3) is 11.1 Å². The highest BCUT2D eigenvalue weighted by Gasteiger charge is 2.04. The second kappa shape index (κ2) is 4.31. The first-order valence-electron chi connectivity index (χ1n) is 4.71. The van der Waals surface area contributed by atoms with Gasteiger partial charge in [-0.3, -0.25) is 0 Å². The number of hydrogen-bond acceptors (Lipinski definition) is 1. The van der Waals surface area contributed by atoms with Gasteiger partial charge in [-0.1, -0.05) is 6.07 Å². The van der Waals surface area contributed by atoms with Crippen molar-refractivity contribution in [2.24, 2.45) is 0 Å². The Bertz CT molecular complexity index is 489. The molecule has 16 heavy (non-hydrogen) atoms. The van der Waals surface area contributed by atoms with Gasteiger partial charge in [-0.25, -0.2) is 8.78 Å². The summed E-state index contributed by atoms with van der Waals surface area (Å²) in [6.07, 6.45) is 0. The predicted molar refractivity (Wildman–Crippen MR) is 57.2 cm³/mol. The number of hydrogen-bond donors (Lipinski definition) is 0. The third-order valence-corrected chi connectivity index (χ3v) is 2.19. The van der Waals surface area contributed by atoms with E-state index in [1.807, 2.05) is 0 Å². The molecular formula is C13H9F2O. The zero-order chi connectivity index (χ0) is 11.5. The van der Waals surface area contributed by atoms with E-state index in [-0.39, 0.29) is 0 Å². The maximum Gasteiger partial charge on any atom is 0.127 e. The van der Waals surface area contributed by atoms with Gasteiger partial charge in [-0.2, -0.15) is 0 Å². The van der Waals surface area contributed by atoms with Crippen molar-refractivity contribution in [3.05, 3.63) is 54.1 Å². The quantitative estimate of drug-likeness (QED) is 0.751. The molecule has 2 rings (SSSR count). The van der Waals surface area contributed by atoms with E-state index in [1.165, 1.54) is 19.2 Å². The normalized spacial score (nSPS) is 10.2. The van der Waals surface area contributed by atoms with Crippen molar-refractivity contribution in [2.45, 2.75) is 0 Å². The fourth-order valence-electron chi connectivity index (χ4n) is 1.46. The molecule has 0 unspecified atom stereocenters. The van der Waals surface area contributed by atoms with Crippen molar-refractivity contribution < 1.29 is 13.5 Å². The summed E-state index contributed by atoms with van der Waals surface area (Å²) >= 11 is 0. The van der Waals surface area contributed by atoms with Gasteiger partial charge in [0.05, 0.1) is 7.11 Å². The van der Waals surface area contributed by atoms with Crippen LogP contribution in [0.3, 0.4) is 0 Å². The summed E-state index contributed by atoms with van der Waals surface area (Å²) in [5.41, 5.74) is 1.17. The van der Waals surface area contributed by atoms with Crippen LogP contribution in [0, 0.1) is 17.7 Å². The van der Waals surface area contributed by atoms with Crippen LogP contribution in [0.5, 0.6) is 5.75 Å². The fraction of sp³-hybridized carbons (Fsp3) is 0.0769. The molecule has 0 saturated heterocycles. The van der Waals surface area contributed by atoms with E-state index in [1.54, 1.807) is 18.2 Å². The standard InChI is InChI=1S/C13H9F2O/c1-16-13-4-2-3-9(7-13)10-5-11(14)8-12(15)6-10/h2-3,5-8H,1H3. The van der Waals surface area contributed by atoms with Crippen LogP contribution in [0.15, 0.2) is 36.4 Å². The van der Waals surface area contributed by atoms with Gasteiger partial charge in [0.15, 0.2) is 0 Å². The molecule has 81 valence electrons. The first-order chi connectivity index (χ1) is 7.69. The monoisotopic (exact) mass is 219 g/mol. The molecule has 1 nitrogen and oxygen atoms in total. The summed E-state index contributed by atoms with van der Waals surface area (Å²) in [6, 6.07) is 11.3. The lowest BCUT2D eigenvalue weighted by Crippen LogP contribution is -1.86. The minimum Gasteiger partial charge on any atom is -0.496 e. The van der Waals surface area contributed by atoms with Gasteiger partial charge >= 0.3 is 0 Å². The van der Waals surface area contributed by atoms with E-state index in [0.717, 1.165) is 6.07 Å². The number of ether oxygens (including phenoxy) is 1. The van der Waals surface area contributed by atoms with Crippen molar-refractivity contribution in [3.63, 3.8) is 0 Å².